The Morgan fingerprint density at radius 1 is 1.30 bits per heavy atom. The van der Waals surface area contributed by atoms with Gasteiger partial charge in [0.15, 0.2) is 5.69 Å². The number of benzene rings is 1. The van der Waals surface area contributed by atoms with Gasteiger partial charge in [-0.2, -0.15) is 0 Å². The maximum absolute atomic E-state index is 11.9. The molecule has 0 saturated carbocycles. The summed E-state index contributed by atoms with van der Waals surface area (Å²) < 4.78 is 4.99. The number of fused-ring (bicyclic) bond motifs is 1. The zero-order valence-electron chi connectivity index (χ0n) is 11.4. The predicted molar refractivity (Wildman–Crippen MR) is 82.0 cm³/mol. The predicted octanol–water partition coefficient (Wildman–Crippen LogP) is 3.78. The van der Waals surface area contributed by atoms with Crippen LogP contribution in [0.4, 0.5) is 5.69 Å². The Kier molecular flexibility index (Phi) is 4.35. The number of carbonyl (C=O) groups excluding carboxylic acids is 1. The van der Waals surface area contributed by atoms with E-state index in [2.05, 4.69) is 4.98 Å². The molecule has 0 amide bonds. The van der Waals surface area contributed by atoms with Crippen LogP contribution in [0.5, 0.6) is 0 Å². The third-order valence-corrected chi connectivity index (χ3v) is 3.43. The van der Waals surface area contributed by atoms with E-state index < -0.39 is 5.97 Å². The molecule has 1 heterocycles. The summed E-state index contributed by atoms with van der Waals surface area (Å²) in [6, 6.07) is 5.03. The molecule has 0 atom stereocenters. The number of carbonyl (C=O) groups is 1. The monoisotopic (exact) mass is 312 g/mol. The second-order valence-electron chi connectivity index (χ2n) is 4.39. The van der Waals surface area contributed by atoms with Crippen molar-refractivity contribution in [2.75, 3.05) is 25.6 Å². The molecule has 2 rings (SSSR count). The molecule has 6 heteroatoms. The topological polar surface area (TPSA) is 42.4 Å². The van der Waals surface area contributed by atoms with E-state index in [1.165, 1.54) is 0 Å². The van der Waals surface area contributed by atoms with Gasteiger partial charge in [-0.25, -0.2) is 9.78 Å². The fourth-order valence-electron chi connectivity index (χ4n) is 1.91. The molecule has 0 saturated heterocycles. The summed E-state index contributed by atoms with van der Waals surface area (Å²) in [7, 11) is 3.72. The average Bonchev–Trinajstić information content (AvgIpc) is 2.42. The molecule has 1 aromatic carbocycles. The highest BCUT2D eigenvalue weighted by Gasteiger charge is 2.17. The Hall–Kier alpha value is -1.52. The molecule has 0 aliphatic heterocycles. The number of nitrogens with zero attached hydrogens (tertiary/aromatic N) is 2. The molecule has 20 heavy (non-hydrogen) atoms. The molecule has 0 N–H and O–H groups in total. The highest BCUT2D eigenvalue weighted by Crippen LogP contribution is 2.35. The molecule has 0 fully saturated rings. The minimum Gasteiger partial charge on any atom is -0.461 e. The summed E-state index contributed by atoms with van der Waals surface area (Å²) in [5.74, 6) is -0.478. The summed E-state index contributed by atoms with van der Waals surface area (Å²) in [4.78, 5) is 18.0. The number of anilines is 1. The standard InChI is InChI=1S/C14H14Cl2N2O2/c1-4-20-14(19)10-7-11(18(2)3)12-8(15)5-6-9(16)13(12)17-10/h5-7H,4H2,1-3H3. The highest BCUT2D eigenvalue weighted by molar-refractivity contribution is 6.41. The molecule has 0 radical (unpaired) electrons. The second kappa shape index (κ2) is 5.85. The summed E-state index contributed by atoms with van der Waals surface area (Å²) >= 11 is 12.4. The molecule has 0 spiro atoms. The van der Waals surface area contributed by atoms with E-state index in [1.54, 1.807) is 25.1 Å². The van der Waals surface area contributed by atoms with Crippen LogP contribution in [-0.2, 0) is 4.74 Å². The first-order valence-corrected chi connectivity index (χ1v) is 6.84. The quantitative estimate of drug-likeness (QED) is 0.809. The van der Waals surface area contributed by atoms with Crippen LogP contribution in [0, 0.1) is 0 Å². The number of halogens is 2. The highest BCUT2D eigenvalue weighted by atomic mass is 35.5. The van der Waals surface area contributed by atoms with Crippen molar-refractivity contribution < 1.29 is 9.53 Å². The van der Waals surface area contributed by atoms with Gasteiger partial charge >= 0.3 is 5.97 Å². The van der Waals surface area contributed by atoms with Gasteiger partial charge in [0.2, 0.25) is 0 Å². The SMILES string of the molecule is CCOC(=O)c1cc(N(C)C)c2c(Cl)ccc(Cl)c2n1. The second-order valence-corrected chi connectivity index (χ2v) is 5.21. The van der Waals surface area contributed by atoms with E-state index in [0.717, 1.165) is 11.1 Å². The maximum atomic E-state index is 11.9. The number of ether oxygens (including phenoxy) is 1. The normalized spacial score (nSPS) is 10.7. The average molecular weight is 313 g/mol. The minimum atomic E-state index is -0.478. The van der Waals surface area contributed by atoms with Crippen molar-refractivity contribution in [1.82, 2.24) is 4.98 Å². The van der Waals surface area contributed by atoms with Crippen molar-refractivity contribution in [3.8, 4) is 0 Å². The molecular weight excluding hydrogens is 299 g/mol. The first-order chi connectivity index (χ1) is 9.45. The first-order valence-electron chi connectivity index (χ1n) is 6.09. The number of hydrogen-bond acceptors (Lipinski definition) is 4. The molecule has 0 bridgehead atoms. The largest absolute Gasteiger partial charge is 0.461 e. The molecule has 4 nitrogen and oxygen atoms in total. The number of esters is 1. The van der Waals surface area contributed by atoms with E-state index in [9.17, 15) is 4.79 Å². The van der Waals surface area contributed by atoms with Crippen molar-refractivity contribution in [1.29, 1.82) is 0 Å². The van der Waals surface area contributed by atoms with Crippen LogP contribution in [0.15, 0.2) is 18.2 Å². The zero-order chi connectivity index (χ0) is 14.9. The zero-order valence-corrected chi connectivity index (χ0v) is 12.9. The van der Waals surface area contributed by atoms with Crippen molar-refractivity contribution in [2.45, 2.75) is 6.92 Å². The molecule has 106 valence electrons. The number of rotatable bonds is 3. The summed E-state index contributed by atoms with van der Waals surface area (Å²) in [5.41, 5.74) is 1.48. The van der Waals surface area contributed by atoms with Crippen molar-refractivity contribution in [2.24, 2.45) is 0 Å². The minimum absolute atomic E-state index is 0.215. The van der Waals surface area contributed by atoms with Gasteiger partial charge in [-0.1, -0.05) is 23.2 Å². The van der Waals surface area contributed by atoms with Crippen molar-refractivity contribution in [3.05, 3.63) is 33.9 Å². The smallest absolute Gasteiger partial charge is 0.357 e. The van der Waals surface area contributed by atoms with Gasteiger partial charge in [0.1, 0.15) is 0 Å². The Balaban J connectivity index is 2.77. The number of hydrogen-bond donors (Lipinski definition) is 0. The van der Waals surface area contributed by atoms with Crippen molar-refractivity contribution in [3.63, 3.8) is 0 Å². The van der Waals surface area contributed by atoms with Crippen LogP contribution < -0.4 is 4.90 Å². The number of aromatic nitrogens is 1. The molecule has 2 aromatic rings. The third-order valence-electron chi connectivity index (χ3n) is 2.81. The van der Waals surface area contributed by atoms with Crippen LogP contribution in [0.1, 0.15) is 17.4 Å². The van der Waals surface area contributed by atoms with Gasteiger partial charge in [-0.3, -0.25) is 0 Å². The molecular formula is C14H14Cl2N2O2. The Morgan fingerprint density at radius 3 is 2.55 bits per heavy atom. The summed E-state index contributed by atoms with van der Waals surface area (Å²) in [6.07, 6.45) is 0. The van der Waals surface area contributed by atoms with Crippen LogP contribution >= 0.6 is 23.2 Å². The fourth-order valence-corrected chi connectivity index (χ4v) is 2.36. The van der Waals surface area contributed by atoms with Crippen molar-refractivity contribution >= 4 is 45.8 Å². The fraction of sp³-hybridized carbons (Fsp3) is 0.286. The first kappa shape index (κ1) is 14.9. The van der Waals surface area contributed by atoms with Gasteiger partial charge in [-0.05, 0) is 25.1 Å². The van der Waals surface area contributed by atoms with Gasteiger partial charge in [-0.15, -0.1) is 0 Å². The van der Waals surface area contributed by atoms with Crippen LogP contribution in [0.2, 0.25) is 10.0 Å². The van der Waals surface area contributed by atoms with E-state index >= 15 is 0 Å². The lowest BCUT2D eigenvalue weighted by molar-refractivity contribution is 0.0520. The van der Waals surface area contributed by atoms with Gasteiger partial charge in [0, 0.05) is 25.2 Å². The van der Waals surface area contributed by atoms with Gasteiger partial charge < -0.3 is 9.64 Å². The maximum Gasteiger partial charge on any atom is 0.357 e. The van der Waals surface area contributed by atoms with Crippen LogP contribution in [0.3, 0.4) is 0 Å². The molecule has 1 aromatic heterocycles. The van der Waals surface area contributed by atoms with E-state index in [4.69, 9.17) is 27.9 Å². The molecule has 0 unspecified atom stereocenters. The van der Waals surface area contributed by atoms with E-state index in [1.807, 2.05) is 19.0 Å². The summed E-state index contributed by atoms with van der Waals surface area (Å²) in [5, 5.41) is 1.70. The lowest BCUT2D eigenvalue weighted by Gasteiger charge is -2.17. The lowest BCUT2D eigenvalue weighted by atomic mass is 10.1. The Morgan fingerprint density at radius 2 is 1.95 bits per heavy atom. The Bertz CT molecular complexity index is 672. The summed E-state index contributed by atoms with van der Waals surface area (Å²) in [6.45, 7) is 2.04. The third kappa shape index (κ3) is 2.67. The lowest BCUT2D eigenvalue weighted by Crippen LogP contribution is -2.13. The van der Waals surface area contributed by atoms with Crippen LogP contribution in [0.25, 0.3) is 10.9 Å². The van der Waals surface area contributed by atoms with Crippen LogP contribution in [-0.4, -0.2) is 31.7 Å². The van der Waals surface area contributed by atoms with E-state index in [-0.39, 0.29) is 5.69 Å². The Labute approximate surface area is 127 Å². The van der Waals surface area contributed by atoms with Gasteiger partial charge in [0.05, 0.1) is 22.2 Å². The molecule has 0 aliphatic carbocycles. The van der Waals surface area contributed by atoms with Gasteiger partial charge in [0.25, 0.3) is 0 Å². The molecule has 0 aliphatic rings. The van der Waals surface area contributed by atoms with E-state index in [0.29, 0.717) is 22.2 Å². The number of pyridine rings is 1.